The summed E-state index contributed by atoms with van der Waals surface area (Å²) in [6, 6.07) is 1.51. The molecule has 0 spiro atoms. The predicted molar refractivity (Wildman–Crippen MR) is 94.7 cm³/mol. The smallest absolute Gasteiger partial charge is 0.394 e. The molecule has 1 aromatic rings. The van der Waals surface area contributed by atoms with Crippen LogP contribution >= 0.6 is 11.8 Å². The summed E-state index contributed by atoms with van der Waals surface area (Å²) in [6.07, 6.45) is -2.32. The molecule has 2 aliphatic heterocycles. The Kier molecular flexibility index (Phi) is 5.59. The third-order valence-corrected chi connectivity index (χ3v) is 5.25. The van der Waals surface area contributed by atoms with Crippen LogP contribution in [-0.4, -0.2) is 34.0 Å². The zero-order valence-corrected chi connectivity index (χ0v) is 15.3. The number of likely N-dealkylation sites (tertiary alicyclic amines) is 1. The highest BCUT2D eigenvalue weighted by molar-refractivity contribution is 8.14. The maximum Gasteiger partial charge on any atom is 0.416 e. The highest BCUT2D eigenvalue weighted by atomic mass is 32.2. The molecule has 0 unspecified atom stereocenters. The van der Waals surface area contributed by atoms with Gasteiger partial charge < -0.3 is 9.74 Å². The molecule has 0 saturated carbocycles. The van der Waals surface area contributed by atoms with E-state index in [1.165, 1.54) is 0 Å². The van der Waals surface area contributed by atoms with Crippen molar-refractivity contribution in [1.29, 1.82) is 0 Å². The molecule has 1 saturated heterocycles. The molecule has 1 fully saturated rings. The summed E-state index contributed by atoms with van der Waals surface area (Å²) in [4.78, 5) is 22.1. The van der Waals surface area contributed by atoms with Gasteiger partial charge in [0.15, 0.2) is 11.0 Å². The van der Waals surface area contributed by atoms with Gasteiger partial charge in [-0.3, -0.25) is 15.1 Å². The van der Waals surface area contributed by atoms with Crippen molar-refractivity contribution in [2.75, 3.05) is 13.2 Å². The van der Waals surface area contributed by atoms with Crippen LogP contribution in [0.3, 0.4) is 0 Å². The van der Waals surface area contributed by atoms with Gasteiger partial charge in [-0.2, -0.15) is 13.2 Å². The third kappa shape index (κ3) is 4.18. The summed E-state index contributed by atoms with van der Waals surface area (Å²) in [5.74, 6) is 0.674. The molecular weight excluding hydrogens is 385 g/mol. The lowest BCUT2D eigenvalue weighted by Gasteiger charge is -2.24. The first-order valence-corrected chi connectivity index (χ1v) is 9.20. The van der Waals surface area contributed by atoms with E-state index in [-0.39, 0.29) is 17.0 Å². The molecule has 7 nitrogen and oxygen atoms in total. The number of alkyl halides is 3. The van der Waals surface area contributed by atoms with Crippen LogP contribution < -0.4 is 0 Å². The molecule has 1 aromatic carbocycles. The lowest BCUT2D eigenvalue weighted by atomic mass is 10.1. The molecule has 0 atom stereocenters. The van der Waals surface area contributed by atoms with E-state index in [4.69, 9.17) is 4.84 Å². The number of aliphatic imine (C=N–C) groups is 1. The maximum atomic E-state index is 13.0. The van der Waals surface area contributed by atoms with Crippen molar-refractivity contribution in [3.8, 4) is 0 Å². The monoisotopic (exact) mass is 402 g/mol. The first-order valence-electron chi connectivity index (χ1n) is 8.38. The minimum absolute atomic E-state index is 0.0535. The number of rotatable bonds is 4. The lowest BCUT2D eigenvalue weighted by Crippen LogP contribution is -2.31. The molecule has 0 amide bonds. The zero-order valence-electron chi connectivity index (χ0n) is 14.5. The number of nitrogens with zero attached hydrogens (tertiary/aromatic N) is 4. The van der Waals surface area contributed by atoms with Crippen molar-refractivity contribution < 1.29 is 22.9 Å². The Morgan fingerprint density at radius 3 is 2.89 bits per heavy atom. The van der Waals surface area contributed by atoms with Crippen molar-refractivity contribution in [2.24, 2.45) is 10.1 Å². The normalized spacial score (nSPS) is 18.4. The van der Waals surface area contributed by atoms with Gasteiger partial charge in [0.05, 0.1) is 21.9 Å². The number of halogens is 3. The van der Waals surface area contributed by atoms with Gasteiger partial charge in [-0.1, -0.05) is 12.1 Å². The second kappa shape index (κ2) is 7.75. The van der Waals surface area contributed by atoms with Gasteiger partial charge in [0, 0.05) is 19.0 Å². The summed E-state index contributed by atoms with van der Waals surface area (Å²) >= 11 is 1.00. The number of hydrogen-bond donors (Lipinski definition) is 0. The van der Waals surface area contributed by atoms with Crippen LogP contribution in [0.5, 0.6) is 0 Å². The van der Waals surface area contributed by atoms with Crippen LogP contribution in [0.15, 0.2) is 27.2 Å². The summed E-state index contributed by atoms with van der Waals surface area (Å²) in [5.41, 5.74) is -1.40. The standard InChI is InChI=1S/C16H17F3N4O3S/c1-2-6-26-21-13-4-3-5-22(13)15-20-9-10-7-11(16(17,18)19)8-12(23(24)25)14(10)27-15/h7-8H,2-6,9H2,1H3. The van der Waals surface area contributed by atoms with E-state index in [0.717, 1.165) is 30.7 Å². The first kappa shape index (κ1) is 19.5. The number of hydrogen-bond acceptors (Lipinski definition) is 6. The molecule has 146 valence electrons. The summed E-state index contributed by atoms with van der Waals surface area (Å²) < 4.78 is 39.1. The van der Waals surface area contributed by atoms with Gasteiger partial charge in [0.2, 0.25) is 0 Å². The van der Waals surface area contributed by atoms with Gasteiger partial charge in [0.25, 0.3) is 5.69 Å². The van der Waals surface area contributed by atoms with Crippen LogP contribution in [0.25, 0.3) is 0 Å². The van der Waals surface area contributed by atoms with Gasteiger partial charge in [-0.05, 0) is 36.2 Å². The van der Waals surface area contributed by atoms with Crippen molar-refractivity contribution >= 4 is 28.5 Å². The summed E-state index contributed by atoms with van der Waals surface area (Å²) in [5, 5.41) is 15.9. The third-order valence-electron chi connectivity index (χ3n) is 4.04. The molecule has 2 aliphatic rings. The van der Waals surface area contributed by atoms with E-state index < -0.39 is 22.4 Å². The maximum absolute atomic E-state index is 13.0. The molecule has 0 bridgehead atoms. The van der Waals surface area contributed by atoms with E-state index in [0.29, 0.717) is 36.6 Å². The SMILES string of the molecule is CCCON=C1CCCN1C1=NCc2cc(C(F)(F)F)cc([N+](=O)[O-])c2S1. The van der Waals surface area contributed by atoms with E-state index in [1.807, 2.05) is 11.8 Å². The second-order valence-electron chi connectivity index (χ2n) is 6.04. The van der Waals surface area contributed by atoms with Crippen LogP contribution in [0.2, 0.25) is 0 Å². The molecule has 0 radical (unpaired) electrons. The number of nitro groups is 1. The summed E-state index contributed by atoms with van der Waals surface area (Å²) in [6.45, 7) is 3.01. The minimum Gasteiger partial charge on any atom is -0.394 e. The number of fused-ring (bicyclic) bond motifs is 1. The number of amidine groups is 2. The zero-order chi connectivity index (χ0) is 19.6. The summed E-state index contributed by atoms with van der Waals surface area (Å²) in [7, 11) is 0. The first-order chi connectivity index (χ1) is 12.8. The van der Waals surface area contributed by atoms with Crippen molar-refractivity contribution in [2.45, 2.75) is 43.8 Å². The number of nitro benzene ring substituents is 1. The molecule has 0 N–H and O–H groups in total. The van der Waals surface area contributed by atoms with E-state index in [2.05, 4.69) is 10.1 Å². The molecule has 0 aromatic heterocycles. The van der Waals surface area contributed by atoms with Crippen molar-refractivity contribution in [1.82, 2.24) is 4.90 Å². The Bertz CT molecular complexity index is 811. The van der Waals surface area contributed by atoms with Crippen LogP contribution in [0, 0.1) is 10.1 Å². The lowest BCUT2D eigenvalue weighted by molar-refractivity contribution is -0.388. The average Bonchev–Trinajstić information content (AvgIpc) is 3.08. The molecule has 3 rings (SSSR count). The molecule has 27 heavy (non-hydrogen) atoms. The fourth-order valence-electron chi connectivity index (χ4n) is 2.80. The fourth-order valence-corrected chi connectivity index (χ4v) is 3.91. The van der Waals surface area contributed by atoms with E-state index in [9.17, 15) is 23.3 Å². The highest BCUT2D eigenvalue weighted by Crippen LogP contribution is 2.42. The Hall–Kier alpha value is -2.30. The quantitative estimate of drug-likeness (QED) is 0.423. The molecule has 2 heterocycles. The largest absolute Gasteiger partial charge is 0.416 e. The van der Waals surface area contributed by atoms with Gasteiger partial charge >= 0.3 is 6.18 Å². The van der Waals surface area contributed by atoms with E-state index >= 15 is 0 Å². The molecule has 0 aliphatic carbocycles. The highest BCUT2D eigenvalue weighted by Gasteiger charge is 2.37. The van der Waals surface area contributed by atoms with Crippen molar-refractivity contribution in [3.63, 3.8) is 0 Å². The Morgan fingerprint density at radius 1 is 1.44 bits per heavy atom. The van der Waals surface area contributed by atoms with Crippen LogP contribution in [0.1, 0.15) is 37.3 Å². The van der Waals surface area contributed by atoms with Crippen LogP contribution in [0.4, 0.5) is 18.9 Å². The van der Waals surface area contributed by atoms with Gasteiger partial charge in [-0.15, -0.1) is 0 Å². The average molecular weight is 402 g/mol. The second-order valence-corrected chi connectivity index (χ2v) is 7.01. The topological polar surface area (TPSA) is 80.3 Å². The number of oxime groups is 1. The number of benzene rings is 1. The minimum atomic E-state index is -4.65. The molecule has 11 heteroatoms. The van der Waals surface area contributed by atoms with Gasteiger partial charge in [-0.25, -0.2) is 0 Å². The Balaban J connectivity index is 1.90. The Morgan fingerprint density at radius 2 is 2.22 bits per heavy atom. The van der Waals surface area contributed by atoms with Crippen LogP contribution in [-0.2, 0) is 17.6 Å². The number of thioether (sulfide) groups is 1. The molecular formula is C16H17F3N4O3S. The fraction of sp³-hybridized carbons (Fsp3) is 0.500. The predicted octanol–water partition coefficient (Wildman–Crippen LogP) is 4.41. The Labute approximate surface area is 157 Å². The van der Waals surface area contributed by atoms with E-state index in [1.54, 1.807) is 0 Å². The van der Waals surface area contributed by atoms with Crippen molar-refractivity contribution in [3.05, 3.63) is 33.4 Å². The van der Waals surface area contributed by atoms with Gasteiger partial charge in [0.1, 0.15) is 6.61 Å².